The molecule has 10 heteroatoms. The molecule has 0 spiro atoms. The number of allylic oxidation sites excluding steroid dienone is 1. The summed E-state index contributed by atoms with van der Waals surface area (Å²) in [5.74, 6) is -3.32. The normalized spacial score (nSPS) is 14.0. The lowest BCUT2D eigenvalue weighted by molar-refractivity contribution is -0.163. The molecule has 0 radical (unpaired) electrons. The summed E-state index contributed by atoms with van der Waals surface area (Å²) < 4.78 is 24.7. The van der Waals surface area contributed by atoms with Gasteiger partial charge in [-0.25, -0.2) is 4.79 Å². The summed E-state index contributed by atoms with van der Waals surface area (Å²) in [5, 5.41) is 0. The number of carbonyl (C=O) groups is 5. The SMILES string of the molecule is C/C=C/C(OC(C)=O)C(/C=C/C(=O)OCC(COC(C)=O)OC(C)=O)OC(C)=O. The second kappa shape index (κ2) is 13.9. The van der Waals surface area contributed by atoms with E-state index in [1.165, 1.54) is 32.9 Å². The van der Waals surface area contributed by atoms with Crippen molar-refractivity contribution in [3.8, 4) is 0 Å². The van der Waals surface area contributed by atoms with E-state index in [4.69, 9.17) is 23.7 Å². The Hall–Kier alpha value is -3.17. The van der Waals surface area contributed by atoms with Crippen LogP contribution in [-0.4, -0.2) is 61.4 Å². The van der Waals surface area contributed by atoms with E-state index < -0.39 is 48.2 Å². The molecule has 0 aromatic carbocycles. The van der Waals surface area contributed by atoms with Crippen molar-refractivity contribution >= 4 is 29.8 Å². The van der Waals surface area contributed by atoms with Gasteiger partial charge in [0, 0.05) is 33.8 Å². The minimum Gasteiger partial charge on any atom is -0.462 e. The second-order valence-electron chi connectivity index (χ2n) is 5.70. The largest absolute Gasteiger partial charge is 0.462 e. The molecule has 29 heavy (non-hydrogen) atoms. The van der Waals surface area contributed by atoms with E-state index in [1.807, 2.05) is 0 Å². The molecule has 3 unspecified atom stereocenters. The Labute approximate surface area is 168 Å². The molecule has 0 heterocycles. The van der Waals surface area contributed by atoms with Gasteiger partial charge in [0.05, 0.1) is 0 Å². The highest BCUT2D eigenvalue weighted by molar-refractivity contribution is 5.82. The molecule has 0 aliphatic carbocycles. The average Bonchev–Trinajstić information content (AvgIpc) is 2.59. The molecule has 3 atom stereocenters. The van der Waals surface area contributed by atoms with E-state index in [0.717, 1.165) is 13.0 Å². The van der Waals surface area contributed by atoms with Gasteiger partial charge >= 0.3 is 29.8 Å². The van der Waals surface area contributed by atoms with Crippen LogP contribution in [-0.2, 0) is 47.7 Å². The Morgan fingerprint density at radius 3 is 1.62 bits per heavy atom. The first kappa shape index (κ1) is 25.8. The van der Waals surface area contributed by atoms with E-state index in [1.54, 1.807) is 13.0 Å². The molecule has 0 rings (SSSR count). The minimum atomic E-state index is -1.06. The zero-order valence-electron chi connectivity index (χ0n) is 17.0. The second-order valence-corrected chi connectivity index (χ2v) is 5.70. The highest BCUT2D eigenvalue weighted by atomic mass is 16.6. The van der Waals surface area contributed by atoms with Crippen LogP contribution in [0.1, 0.15) is 34.6 Å². The first-order valence-corrected chi connectivity index (χ1v) is 8.67. The maximum atomic E-state index is 11.9. The Morgan fingerprint density at radius 2 is 1.17 bits per heavy atom. The van der Waals surface area contributed by atoms with Crippen molar-refractivity contribution in [2.45, 2.75) is 52.9 Å². The van der Waals surface area contributed by atoms with Gasteiger partial charge < -0.3 is 23.7 Å². The lowest BCUT2D eigenvalue weighted by Gasteiger charge is -2.21. The van der Waals surface area contributed by atoms with Crippen LogP contribution >= 0.6 is 0 Å². The Balaban J connectivity index is 5.05. The monoisotopic (exact) mass is 414 g/mol. The molecule has 162 valence electrons. The van der Waals surface area contributed by atoms with Crippen molar-refractivity contribution in [3.63, 3.8) is 0 Å². The minimum absolute atomic E-state index is 0.280. The molecule has 0 aliphatic heterocycles. The van der Waals surface area contributed by atoms with Crippen molar-refractivity contribution in [1.29, 1.82) is 0 Å². The van der Waals surface area contributed by atoms with Crippen LogP contribution in [0, 0.1) is 0 Å². The van der Waals surface area contributed by atoms with E-state index in [9.17, 15) is 24.0 Å². The van der Waals surface area contributed by atoms with Crippen LogP contribution in [0.15, 0.2) is 24.3 Å². The van der Waals surface area contributed by atoms with Crippen molar-refractivity contribution in [2.75, 3.05) is 13.2 Å². The summed E-state index contributed by atoms with van der Waals surface area (Å²) in [7, 11) is 0. The van der Waals surface area contributed by atoms with Crippen molar-refractivity contribution in [2.24, 2.45) is 0 Å². The fourth-order valence-electron chi connectivity index (χ4n) is 1.96. The Morgan fingerprint density at radius 1 is 0.690 bits per heavy atom. The predicted octanol–water partition coefficient (Wildman–Crippen LogP) is 1.02. The summed E-state index contributed by atoms with van der Waals surface area (Å²) in [5.41, 5.74) is 0. The molecule has 0 saturated heterocycles. The summed E-state index contributed by atoms with van der Waals surface area (Å²) in [6, 6.07) is 0. The highest BCUT2D eigenvalue weighted by Gasteiger charge is 2.23. The molecule has 0 bridgehead atoms. The van der Waals surface area contributed by atoms with Gasteiger partial charge in [-0.1, -0.05) is 6.08 Å². The van der Waals surface area contributed by atoms with Gasteiger partial charge in [-0.15, -0.1) is 0 Å². The van der Waals surface area contributed by atoms with Crippen LogP contribution in [0.3, 0.4) is 0 Å². The summed E-state index contributed by atoms with van der Waals surface area (Å²) in [4.78, 5) is 56.4. The standard InChI is InChI=1S/C19H26O10/c1-6-7-17(28-14(4)22)18(29-15(5)23)8-9-19(24)26-11-16(27-13(3)21)10-25-12(2)20/h6-9,16-18H,10-11H2,1-5H3/b7-6+,9-8+. The first-order chi connectivity index (χ1) is 13.5. The number of hydrogen-bond acceptors (Lipinski definition) is 10. The van der Waals surface area contributed by atoms with Crippen LogP contribution < -0.4 is 0 Å². The van der Waals surface area contributed by atoms with Gasteiger partial charge in [0.2, 0.25) is 0 Å². The lowest BCUT2D eigenvalue weighted by atomic mass is 10.1. The van der Waals surface area contributed by atoms with Crippen molar-refractivity contribution in [1.82, 2.24) is 0 Å². The van der Waals surface area contributed by atoms with E-state index in [-0.39, 0.29) is 13.2 Å². The molecule has 0 saturated carbocycles. The van der Waals surface area contributed by atoms with Gasteiger partial charge in [0.1, 0.15) is 13.2 Å². The number of carbonyl (C=O) groups excluding carboxylic acids is 5. The van der Waals surface area contributed by atoms with Gasteiger partial charge in [-0.2, -0.15) is 0 Å². The van der Waals surface area contributed by atoms with Gasteiger partial charge in [0.15, 0.2) is 18.3 Å². The summed E-state index contributed by atoms with van der Waals surface area (Å²) >= 11 is 0. The van der Waals surface area contributed by atoms with Crippen molar-refractivity contribution in [3.05, 3.63) is 24.3 Å². The molecule has 0 aromatic rings. The van der Waals surface area contributed by atoms with E-state index in [2.05, 4.69) is 0 Å². The Bertz CT molecular complexity index is 649. The molecule has 0 aromatic heterocycles. The van der Waals surface area contributed by atoms with E-state index >= 15 is 0 Å². The Kier molecular flexibility index (Phi) is 12.4. The maximum Gasteiger partial charge on any atom is 0.330 e. The molecule has 0 fully saturated rings. The van der Waals surface area contributed by atoms with Crippen LogP contribution in [0.25, 0.3) is 0 Å². The number of hydrogen-bond donors (Lipinski definition) is 0. The molecule has 10 nitrogen and oxygen atoms in total. The number of rotatable bonds is 11. The third kappa shape index (κ3) is 13.6. The van der Waals surface area contributed by atoms with Crippen LogP contribution in [0.4, 0.5) is 0 Å². The number of esters is 5. The van der Waals surface area contributed by atoms with Crippen LogP contribution in [0.2, 0.25) is 0 Å². The zero-order chi connectivity index (χ0) is 22.4. The van der Waals surface area contributed by atoms with Gasteiger partial charge in [-0.3, -0.25) is 19.2 Å². The van der Waals surface area contributed by atoms with Crippen molar-refractivity contribution < 1.29 is 47.7 Å². The van der Waals surface area contributed by atoms with Gasteiger partial charge in [-0.05, 0) is 19.1 Å². The first-order valence-electron chi connectivity index (χ1n) is 8.67. The third-order valence-electron chi connectivity index (χ3n) is 2.95. The average molecular weight is 414 g/mol. The fourth-order valence-corrected chi connectivity index (χ4v) is 1.96. The highest BCUT2D eigenvalue weighted by Crippen LogP contribution is 2.10. The molecule has 0 amide bonds. The fraction of sp³-hybridized carbons (Fsp3) is 0.526. The summed E-state index contributed by atoms with van der Waals surface area (Å²) in [6.45, 7) is 5.73. The number of ether oxygens (including phenoxy) is 5. The molecule has 0 N–H and O–H groups in total. The molecule has 0 aliphatic rings. The van der Waals surface area contributed by atoms with E-state index in [0.29, 0.717) is 0 Å². The maximum absolute atomic E-state index is 11.9. The van der Waals surface area contributed by atoms with Crippen LogP contribution in [0.5, 0.6) is 0 Å². The lowest BCUT2D eigenvalue weighted by Crippen LogP contribution is -2.32. The third-order valence-corrected chi connectivity index (χ3v) is 2.95. The summed E-state index contributed by atoms with van der Waals surface area (Å²) in [6.07, 6.45) is 2.27. The smallest absolute Gasteiger partial charge is 0.330 e. The zero-order valence-corrected chi connectivity index (χ0v) is 17.0. The quantitative estimate of drug-likeness (QED) is 0.209. The molecular formula is C19H26O10. The molecular weight excluding hydrogens is 388 g/mol. The predicted molar refractivity (Wildman–Crippen MR) is 98.2 cm³/mol. The van der Waals surface area contributed by atoms with Gasteiger partial charge in [0.25, 0.3) is 0 Å². The topological polar surface area (TPSA) is 132 Å².